The van der Waals surface area contributed by atoms with E-state index in [0.29, 0.717) is 0 Å². The van der Waals surface area contributed by atoms with Gasteiger partial charge in [-0.2, -0.15) is 0 Å². The molecule has 0 aliphatic heterocycles. The molecule has 0 saturated heterocycles. The molecule has 2 aromatic heterocycles. The minimum absolute atomic E-state index is 0.852. The quantitative estimate of drug-likeness (QED) is 0.209. The summed E-state index contributed by atoms with van der Waals surface area (Å²) in [7, 11) is 0. The van der Waals surface area contributed by atoms with Gasteiger partial charge in [0, 0.05) is 21.7 Å². The Bertz CT molecular complexity index is 2660. The van der Waals surface area contributed by atoms with Crippen molar-refractivity contribution in [2.45, 2.75) is 12.8 Å². The van der Waals surface area contributed by atoms with Crippen LogP contribution >= 0.6 is 0 Å². The van der Waals surface area contributed by atoms with Crippen molar-refractivity contribution in [1.82, 2.24) is 0 Å². The van der Waals surface area contributed by atoms with E-state index in [2.05, 4.69) is 121 Å². The fourth-order valence-electron chi connectivity index (χ4n) is 7.61. The van der Waals surface area contributed by atoms with E-state index in [4.69, 9.17) is 8.83 Å². The topological polar surface area (TPSA) is 26.3 Å². The van der Waals surface area contributed by atoms with E-state index < -0.39 is 0 Å². The summed E-state index contributed by atoms with van der Waals surface area (Å²) in [6, 6.07) is 43.5. The highest BCUT2D eigenvalue weighted by Crippen LogP contribution is 2.48. The molecule has 0 atom stereocenters. The Morgan fingerprint density at radius 3 is 2.16 bits per heavy atom. The summed E-state index contributed by atoms with van der Waals surface area (Å²) in [4.78, 5) is 0. The monoisotopic (exact) mass is 562 g/mol. The summed E-state index contributed by atoms with van der Waals surface area (Å²) in [5.41, 5.74) is 11.2. The molecule has 0 unspecified atom stereocenters. The first-order valence-electron chi connectivity index (χ1n) is 15.3. The van der Waals surface area contributed by atoms with E-state index in [1.54, 1.807) is 0 Å². The van der Waals surface area contributed by atoms with Gasteiger partial charge in [-0.1, -0.05) is 109 Å². The van der Waals surface area contributed by atoms with Gasteiger partial charge in [-0.05, 0) is 86.5 Å². The summed E-state index contributed by atoms with van der Waals surface area (Å²) in [5.74, 6) is 0. The molecule has 2 heteroatoms. The molecule has 0 bridgehead atoms. The van der Waals surface area contributed by atoms with Gasteiger partial charge in [0.1, 0.15) is 22.3 Å². The molecule has 1 aliphatic carbocycles. The van der Waals surface area contributed by atoms with Gasteiger partial charge in [-0.15, -0.1) is 0 Å². The smallest absolute Gasteiger partial charge is 0.147 e. The highest BCUT2D eigenvalue weighted by atomic mass is 16.3. The Labute approximate surface area is 253 Å². The van der Waals surface area contributed by atoms with Crippen molar-refractivity contribution in [3.05, 3.63) is 139 Å². The first-order chi connectivity index (χ1) is 21.8. The average molecular weight is 563 g/mol. The van der Waals surface area contributed by atoms with E-state index in [0.717, 1.165) is 62.3 Å². The zero-order valence-electron chi connectivity index (χ0n) is 23.9. The van der Waals surface area contributed by atoms with Gasteiger partial charge in [-0.25, -0.2) is 0 Å². The molecular formula is C42H26O2. The van der Waals surface area contributed by atoms with Crippen molar-refractivity contribution < 1.29 is 8.83 Å². The summed E-state index contributed by atoms with van der Waals surface area (Å²) in [6.45, 7) is 0. The van der Waals surface area contributed by atoms with Crippen molar-refractivity contribution in [1.29, 1.82) is 0 Å². The lowest BCUT2D eigenvalue weighted by Crippen LogP contribution is -2.02. The molecule has 0 N–H and O–H groups in total. The number of fused-ring (bicyclic) bond motifs is 10. The maximum Gasteiger partial charge on any atom is 0.147 e. The van der Waals surface area contributed by atoms with Crippen LogP contribution in [0.1, 0.15) is 17.5 Å². The summed E-state index contributed by atoms with van der Waals surface area (Å²) in [5, 5.41) is 9.42. The van der Waals surface area contributed by atoms with Gasteiger partial charge in [0.2, 0.25) is 0 Å². The third-order valence-corrected chi connectivity index (χ3v) is 9.52. The lowest BCUT2D eigenvalue weighted by Gasteiger charge is -2.24. The van der Waals surface area contributed by atoms with E-state index >= 15 is 0 Å². The third-order valence-electron chi connectivity index (χ3n) is 9.52. The highest BCUT2D eigenvalue weighted by molar-refractivity contribution is 6.24. The highest BCUT2D eigenvalue weighted by Gasteiger charge is 2.25. The van der Waals surface area contributed by atoms with Crippen LogP contribution in [0.4, 0.5) is 0 Å². The summed E-state index contributed by atoms with van der Waals surface area (Å²) >= 11 is 0. The number of para-hydroxylation sites is 2. The van der Waals surface area contributed by atoms with Gasteiger partial charge >= 0.3 is 0 Å². The van der Waals surface area contributed by atoms with Crippen LogP contribution in [-0.2, 0) is 6.42 Å². The first kappa shape index (κ1) is 23.9. The molecule has 44 heavy (non-hydrogen) atoms. The zero-order valence-corrected chi connectivity index (χ0v) is 23.9. The molecule has 0 radical (unpaired) electrons. The van der Waals surface area contributed by atoms with Crippen LogP contribution in [0.3, 0.4) is 0 Å². The molecule has 0 fully saturated rings. The fraction of sp³-hybridized carbons (Fsp3) is 0.0476. The number of hydrogen-bond acceptors (Lipinski definition) is 2. The maximum absolute atomic E-state index is 6.77. The second kappa shape index (κ2) is 8.95. The van der Waals surface area contributed by atoms with Crippen LogP contribution in [0, 0.1) is 0 Å². The summed E-state index contributed by atoms with van der Waals surface area (Å²) in [6.07, 6.45) is 6.67. The molecule has 0 saturated carbocycles. The molecule has 10 rings (SSSR count). The Balaban J connectivity index is 1.31. The van der Waals surface area contributed by atoms with E-state index in [-0.39, 0.29) is 0 Å². The Morgan fingerprint density at radius 2 is 1.25 bits per heavy atom. The number of rotatable bonds is 2. The zero-order chi connectivity index (χ0) is 28.8. The van der Waals surface area contributed by atoms with Gasteiger partial charge in [0.25, 0.3) is 0 Å². The molecule has 1 aliphatic rings. The predicted octanol–water partition coefficient (Wildman–Crippen LogP) is 12.1. The Hall–Kier alpha value is -5.60. The van der Waals surface area contributed by atoms with Crippen LogP contribution in [-0.4, -0.2) is 0 Å². The first-order valence-corrected chi connectivity index (χ1v) is 15.3. The van der Waals surface area contributed by atoms with Gasteiger partial charge in [-0.3, -0.25) is 0 Å². The van der Waals surface area contributed by atoms with E-state index in [1.165, 1.54) is 49.4 Å². The molecule has 0 spiro atoms. The summed E-state index contributed by atoms with van der Waals surface area (Å²) < 4.78 is 13.2. The lowest BCUT2D eigenvalue weighted by molar-refractivity contribution is 0.663. The SMILES string of the molecule is C1=Cc2c(c(-c3cccc4c3oc3ccc5c6ccccc6oc5c34)c3ccccc3c2-c2ccc3ccccc3c2)CC1. The Morgan fingerprint density at radius 1 is 0.500 bits per heavy atom. The predicted molar refractivity (Wildman–Crippen MR) is 184 cm³/mol. The Kier molecular flexibility index (Phi) is 4.86. The molecule has 2 heterocycles. The normalized spacial score (nSPS) is 13.2. The number of hydrogen-bond donors (Lipinski definition) is 0. The fourth-order valence-corrected chi connectivity index (χ4v) is 7.61. The lowest BCUT2D eigenvalue weighted by atomic mass is 9.80. The van der Waals surface area contributed by atoms with Gasteiger partial charge in [0.05, 0.1) is 5.39 Å². The second-order valence-electron chi connectivity index (χ2n) is 11.9. The van der Waals surface area contributed by atoms with Gasteiger partial charge < -0.3 is 8.83 Å². The van der Waals surface area contributed by atoms with Crippen LogP contribution in [0.25, 0.3) is 93.8 Å². The van der Waals surface area contributed by atoms with Crippen molar-refractivity contribution in [3.63, 3.8) is 0 Å². The number of benzene rings is 7. The number of allylic oxidation sites excluding steroid dienone is 1. The van der Waals surface area contributed by atoms with Crippen molar-refractivity contribution in [2.24, 2.45) is 0 Å². The molecule has 9 aromatic rings. The third kappa shape index (κ3) is 3.25. The standard InChI is InChI=1S/C42H26O2/c1-2-11-26-24-27(21-20-25(26)10-1)38-29-13-3-5-15-31(29)39(32-16-6-4-14-30(32)38)34-17-9-18-35-40-37(44-41(34)35)23-22-33-28-12-7-8-19-36(28)43-42(33)40/h1-5,7-15,17-24H,6,16H2. The van der Waals surface area contributed by atoms with E-state index in [1.807, 2.05) is 12.1 Å². The minimum Gasteiger partial charge on any atom is -0.455 e. The molecule has 206 valence electrons. The van der Waals surface area contributed by atoms with Crippen LogP contribution in [0.15, 0.2) is 136 Å². The van der Waals surface area contributed by atoms with Crippen LogP contribution in [0.5, 0.6) is 0 Å². The minimum atomic E-state index is 0.852. The van der Waals surface area contributed by atoms with Gasteiger partial charge in [0.15, 0.2) is 0 Å². The molecule has 0 amide bonds. The molecular weight excluding hydrogens is 536 g/mol. The van der Waals surface area contributed by atoms with Crippen molar-refractivity contribution in [3.8, 4) is 22.3 Å². The van der Waals surface area contributed by atoms with Crippen molar-refractivity contribution >= 4 is 71.5 Å². The average Bonchev–Trinajstić information content (AvgIpc) is 3.65. The van der Waals surface area contributed by atoms with Crippen LogP contribution in [0.2, 0.25) is 0 Å². The maximum atomic E-state index is 6.77. The molecule has 2 nitrogen and oxygen atoms in total. The number of furan rings is 2. The largest absolute Gasteiger partial charge is 0.455 e. The molecule has 7 aromatic carbocycles. The van der Waals surface area contributed by atoms with Crippen molar-refractivity contribution in [2.75, 3.05) is 0 Å². The van der Waals surface area contributed by atoms with E-state index in [9.17, 15) is 0 Å². The van der Waals surface area contributed by atoms with Crippen LogP contribution < -0.4 is 0 Å². The second-order valence-corrected chi connectivity index (χ2v) is 11.9.